The van der Waals surface area contributed by atoms with Crippen LogP contribution < -0.4 is 5.30 Å². The Hall–Kier alpha value is -0.350. The van der Waals surface area contributed by atoms with Crippen LogP contribution >= 0.6 is 116 Å². The molecule has 0 saturated heterocycles. The normalized spacial score (nSPS) is 15.3. The van der Waals surface area contributed by atoms with Gasteiger partial charge in [-0.3, -0.25) is 0 Å². The van der Waals surface area contributed by atoms with Crippen LogP contribution in [0.3, 0.4) is 0 Å². The Labute approximate surface area is 258 Å². The number of rotatable bonds is 5. The van der Waals surface area contributed by atoms with Crippen LogP contribution in [0.15, 0.2) is 94.0 Å². The van der Waals surface area contributed by atoms with Gasteiger partial charge in [-0.2, -0.15) is 0 Å². The first kappa shape index (κ1) is 25.9. The van der Waals surface area contributed by atoms with Crippen LogP contribution in [0.25, 0.3) is 21.8 Å². The molecule has 0 spiro atoms. The van der Waals surface area contributed by atoms with Crippen molar-refractivity contribution in [3.05, 3.63) is 114 Å². The first-order valence-corrected chi connectivity index (χ1v) is 18.7. The molecule has 180 valence electrons. The van der Waals surface area contributed by atoms with Gasteiger partial charge in [0.1, 0.15) is 0 Å². The highest BCUT2D eigenvalue weighted by atomic mass is 79.9. The van der Waals surface area contributed by atoms with Crippen molar-refractivity contribution in [2.75, 3.05) is 0 Å². The molecule has 0 N–H and O–H groups in total. The van der Waals surface area contributed by atoms with Gasteiger partial charge in [-0.15, -0.1) is 45.3 Å². The predicted octanol–water partition coefficient (Wildman–Crippen LogP) is 12.1. The number of hydrogen-bond donors (Lipinski definition) is 0. The molecule has 0 atom stereocenters. The van der Waals surface area contributed by atoms with Crippen molar-refractivity contribution < 1.29 is 4.57 Å². The van der Waals surface area contributed by atoms with E-state index in [1.807, 2.05) is 42.5 Å². The summed E-state index contributed by atoms with van der Waals surface area (Å²) in [5.74, 6) is 0. The van der Waals surface area contributed by atoms with Gasteiger partial charge in [0.05, 0.1) is 15.1 Å². The molecule has 6 rings (SSSR count). The number of benzene rings is 1. The maximum absolute atomic E-state index is 15.9. The third-order valence-electron chi connectivity index (χ3n) is 5.73. The molecule has 0 unspecified atom stereocenters. The predicted molar refractivity (Wildman–Crippen MR) is 175 cm³/mol. The van der Waals surface area contributed by atoms with Gasteiger partial charge in [0, 0.05) is 46.6 Å². The van der Waals surface area contributed by atoms with Crippen molar-refractivity contribution in [2.24, 2.45) is 0 Å². The largest absolute Gasteiger partial charge is 0.308 e. The third-order valence-corrected chi connectivity index (χ3v) is 15.8. The maximum atomic E-state index is 15.9. The smallest absolute Gasteiger partial charge is 0.175 e. The lowest BCUT2D eigenvalue weighted by Crippen LogP contribution is -2.05. The average molecular weight is 820 g/mol. The summed E-state index contributed by atoms with van der Waals surface area (Å²) in [6, 6.07) is 26.7. The monoisotopic (exact) mass is 816 g/mol. The van der Waals surface area contributed by atoms with Crippen LogP contribution in [-0.4, -0.2) is 0 Å². The summed E-state index contributed by atoms with van der Waals surface area (Å²) in [5, 5.41) is 2.68. The zero-order valence-electron chi connectivity index (χ0n) is 18.0. The molecule has 1 aromatic carbocycles. The number of hydrogen-bond acceptors (Lipinski definition) is 5. The summed E-state index contributed by atoms with van der Waals surface area (Å²) >= 11 is 21.3. The minimum Gasteiger partial charge on any atom is -0.308 e. The molecule has 0 amide bonds. The summed E-state index contributed by atoms with van der Waals surface area (Å²) in [5.41, 5.74) is 2.11. The lowest BCUT2D eigenvalue weighted by molar-refractivity contribution is 0.593. The van der Waals surface area contributed by atoms with Crippen LogP contribution in [0, 0.1) is 0 Å². The second kappa shape index (κ2) is 10.3. The summed E-state index contributed by atoms with van der Waals surface area (Å²) in [7, 11) is -3.26. The molecule has 0 radical (unpaired) electrons. The summed E-state index contributed by atoms with van der Waals surface area (Å²) < 4.78 is 20.1. The Balaban J connectivity index is 1.82. The van der Waals surface area contributed by atoms with Crippen LogP contribution in [0.4, 0.5) is 0 Å². The van der Waals surface area contributed by atoms with Crippen molar-refractivity contribution in [3.63, 3.8) is 0 Å². The molecule has 1 aliphatic heterocycles. The highest BCUT2D eigenvalue weighted by Crippen LogP contribution is 2.78. The van der Waals surface area contributed by atoms with Gasteiger partial charge in [-0.05, 0) is 112 Å². The van der Waals surface area contributed by atoms with Gasteiger partial charge in [-0.1, -0.05) is 30.3 Å². The Bertz CT molecular complexity index is 1620. The van der Waals surface area contributed by atoms with Gasteiger partial charge >= 0.3 is 0 Å². The van der Waals surface area contributed by atoms with Gasteiger partial charge in [0.2, 0.25) is 0 Å². The SMILES string of the molecule is O=P1(c2ccccc2)C(c2ccc(Br)s2)=C(c2ccc(Br)s2)C(c2ccc(Br)s2)=C1c1ccc(Br)s1. The maximum Gasteiger partial charge on any atom is 0.175 e. The second-order valence-electron chi connectivity index (χ2n) is 7.81. The number of halogens is 4. The van der Waals surface area contributed by atoms with E-state index in [2.05, 4.69) is 100 Å². The molecule has 0 saturated carbocycles. The van der Waals surface area contributed by atoms with E-state index in [1.165, 1.54) is 0 Å². The Kier molecular flexibility index (Phi) is 7.43. The standard InChI is InChI=1S/C26H13Br4OPS4/c27-19-10-6-15(33-19)23-24(16-7-11-20(28)34-16)26(18-9-13-22(30)36-18)32(31,14-4-2-1-3-5-14)25(23)17-8-12-21(29)35-17/h1-13H. The molecule has 10 heteroatoms. The Morgan fingerprint density at radius 1 is 0.472 bits per heavy atom. The molecular weight excluding hydrogens is 807 g/mol. The van der Waals surface area contributed by atoms with E-state index in [9.17, 15) is 0 Å². The van der Waals surface area contributed by atoms with E-state index < -0.39 is 7.14 Å². The van der Waals surface area contributed by atoms with Gasteiger partial charge in [0.15, 0.2) is 7.14 Å². The summed E-state index contributed by atoms with van der Waals surface area (Å²) in [6.45, 7) is 0. The topological polar surface area (TPSA) is 17.1 Å². The average Bonchev–Trinajstić information content (AvgIpc) is 3.67. The fourth-order valence-electron chi connectivity index (χ4n) is 4.38. The lowest BCUT2D eigenvalue weighted by Gasteiger charge is -2.20. The molecule has 0 fully saturated rings. The molecule has 0 bridgehead atoms. The quantitative estimate of drug-likeness (QED) is 0.161. The molecule has 0 aliphatic carbocycles. The minimum absolute atomic E-state index is 0.850. The van der Waals surface area contributed by atoms with Gasteiger partial charge in [0.25, 0.3) is 0 Å². The minimum atomic E-state index is -3.26. The molecule has 5 heterocycles. The zero-order chi connectivity index (χ0) is 25.0. The Morgan fingerprint density at radius 2 is 0.833 bits per heavy atom. The fourth-order valence-corrected chi connectivity index (χ4v) is 14.3. The first-order valence-electron chi connectivity index (χ1n) is 10.5. The highest BCUT2D eigenvalue weighted by Gasteiger charge is 2.47. The number of thiophene rings is 4. The zero-order valence-corrected chi connectivity index (χ0v) is 28.5. The van der Waals surface area contributed by atoms with Crippen molar-refractivity contribution in [1.29, 1.82) is 0 Å². The highest BCUT2D eigenvalue weighted by molar-refractivity contribution is 9.11. The van der Waals surface area contributed by atoms with Crippen LogP contribution in [0.1, 0.15) is 19.5 Å². The molecule has 1 aliphatic rings. The van der Waals surface area contributed by atoms with E-state index >= 15 is 4.57 Å². The molecule has 5 aromatic rings. The van der Waals surface area contributed by atoms with E-state index in [-0.39, 0.29) is 0 Å². The van der Waals surface area contributed by atoms with Crippen molar-refractivity contribution in [3.8, 4) is 0 Å². The van der Waals surface area contributed by atoms with Gasteiger partial charge in [-0.25, -0.2) is 0 Å². The van der Waals surface area contributed by atoms with Crippen molar-refractivity contribution in [2.45, 2.75) is 0 Å². The van der Waals surface area contributed by atoms with Gasteiger partial charge < -0.3 is 4.57 Å². The molecular formula is C26H13Br4OPS4. The summed E-state index contributed by atoms with van der Waals surface area (Å²) in [4.78, 5) is 4.24. The van der Waals surface area contributed by atoms with E-state index in [1.54, 1.807) is 45.3 Å². The van der Waals surface area contributed by atoms with E-state index in [0.717, 1.165) is 61.7 Å². The second-order valence-corrected chi connectivity index (χ2v) is 20.3. The van der Waals surface area contributed by atoms with Crippen molar-refractivity contribution in [1.82, 2.24) is 0 Å². The molecule has 4 aromatic heterocycles. The third kappa shape index (κ3) is 4.46. The van der Waals surface area contributed by atoms with Crippen LogP contribution in [0.2, 0.25) is 0 Å². The van der Waals surface area contributed by atoms with Crippen molar-refractivity contribution >= 4 is 143 Å². The molecule has 1 nitrogen and oxygen atoms in total. The first-order chi connectivity index (χ1) is 17.4. The number of allylic oxidation sites excluding steroid dienone is 2. The van der Waals surface area contributed by atoms with E-state index in [0.29, 0.717) is 0 Å². The molecule has 36 heavy (non-hydrogen) atoms. The van der Waals surface area contributed by atoms with Crippen LogP contribution in [0.5, 0.6) is 0 Å². The van der Waals surface area contributed by atoms with Crippen LogP contribution in [-0.2, 0) is 4.57 Å². The Morgan fingerprint density at radius 3 is 1.17 bits per heavy atom. The lowest BCUT2D eigenvalue weighted by atomic mass is 10.0. The fraction of sp³-hybridized carbons (Fsp3) is 0. The summed E-state index contributed by atoms with van der Waals surface area (Å²) in [6.07, 6.45) is 0. The van der Waals surface area contributed by atoms with E-state index in [4.69, 9.17) is 0 Å².